The van der Waals surface area contributed by atoms with Crippen LogP contribution in [0.2, 0.25) is 0 Å². The van der Waals surface area contributed by atoms with Crippen LogP contribution in [0.5, 0.6) is 0 Å². The van der Waals surface area contributed by atoms with E-state index in [0.717, 1.165) is 25.0 Å². The van der Waals surface area contributed by atoms with Crippen LogP contribution in [0.25, 0.3) is 0 Å². The van der Waals surface area contributed by atoms with Crippen LogP contribution >= 0.6 is 0 Å². The highest BCUT2D eigenvalue weighted by Crippen LogP contribution is 2.47. The van der Waals surface area contributed by atoms with Gasteiger partial charge in [-0.2, -0.15) is 0 Å². The Morgan fingerprint density at radius 3 is 2.60 bits per heavy atom. The van der Waals surface area contributed by atoms with Gasteiger partial charge in [0.1, 0.15) is 21.3 Å². The molecular formula is C12H15FN2O4S. The molecule has 0 unspecified atom stereocenters. The van der Waals surface area contributed by atoms with Gasteiger partial charge in [-0.3, -0.25) is 10.1 Å². The van der Waals surface area contributed by atoms with E-state index in [1.807, 2.05) is 0 Å². The highest BCUT2D eigenvalue weighted by molar-refractivity contribution is 7.90. The molecule has 1 aromatic carbocycles. The third kappa shape index (κ3) is 3.66. The van der Waals surface area contributed by atoms with Gasteiger partial charge in [0.05, 0.1) is 16.7 Å². The molecule has 1 aliphatic carbocycles. The maximum Gasteiger partial charge on any atom is 0.295 e. The summed E-state index contributed by atoms with van der Waals surface area (Å²) in [6, 6.07) is 3.27. The summed E-state index contributed by atoms with van der Waals surface area (Å²) in [4.78, 5) is 10.2. The number of sulfone groups is 1. The molecule has 6 nitrogen and oxygen atoms in total. The SMILES string of the molecule is CS(=O)(=O)CC1(CNc2ccc(F)cc2[N+](=O)[O-])CC1. The quantitative estimate of drug-likeness (QED) is 0.641. The third-order valence-corrected chi connectivity index (χ3v) is 4.47. The predicted molar refractivity (Wildman–Crippen MR) is 72.9 cm³/mol. The summed E-state index contributed by atoms with van der Waals surface area (Å²) in [6.45, 7) is 0.326. The molecule has 0 radical (unpaired) electrons. The lowest BCUT2D eigenvalue weighted by atomic mass is 10.1. The highest BCUT2D eigenvalue weighted by atomic mass is 32.2. The van der Waals surface area contributed by atoms with E-state index < -0.39 is 20.6 Å². The summed E-state index contributed by atoms with van der Waals surface area (Å²) in [6.07, 6.45) is 2.71. The predicted octanol–water partition coefficient (Wildman–Crippen LogP) is 1.97. The average Bonchev–Trinajstić information content (AvgIpc) is 3.05. The Labute approximate surface area is 116 Å². The Morgan fingerprint density at radius 1 is 1.45 bits per heavy atom. The number of nitrogens with one attached hydrogen (secondary N) is 1. The maximum atomic E-state index is 13.0. The van der Waals surface area contributed by atoms with Crippen molar-refractivity contribution in [3.63, 3.8) is 0 Å². The van der Waals surface area contributed by atoms with E-state index in [1.54, 1.807) is 0 Å². The molecule has 2 rings (SSSR count). The fraction of sp³-hybridized carbons (Fsp3) is 0.500. The first kappa shape index (κ1) is 14.7. The van der Waals surface area contributed by atoms with E-state index in [4.69, 9.17) is 0 Å². The second kappa shape index (κ2) is 5.01. The van der Waals surface area contributed by atoms with Crippen molar-refractivity contribution in [3.8, 4) is 0 Å². The number of nitrogens with zero attached hydrogens (tertiary/aromatic N) is 1. The van der Waals surface area contributed by atoms with E-state index in [-0.39, 0.29) is 22.5 Å². The average molecular weight is 302 g/mol. The number of rotatable bonds is 6. The second-order valence-corrected chi connectivity index (χ2v) is 7.48. The molecule has 0 aromatic heterocycles. The third-order valence-electron chi connectivity index (χ3n) is 3.34. The molecule has 1 aromatic rings. The molecule has 0 bridgehead atoms. The number of anilines is 1. The van der Waals surface area contributed by atoms with Crippen LogP contribution in [0, 0.1) is 21.3 Å². The molecule has 0 aliphatic heterocycles. The monoisotopic (exact) mass is 302 g/mol. The highest BCUT2D eigenvalue weighted by Gasteiger charge is 2.45. The van der Waals surface area contributed by atoms with E-state index in [9.17, 15) is 22.9 Å². The number of benzene rings is 1. The van der Waals surface area contributed by atoms with Crippen molar-refractivity contribution in [2.75, 3.05) is 23.9 Å². The summed E-state index contributed by atoms with van der Waals surface area (Å²) in [5.41, 5.74) is -0.494. The number of hydrogen-bond acceptors (Lipinski definition) is 5. The van der Waals surface area contributed by atoms with Crippen molar-refractivity contribution in [1.29, 1.82) is 0 Å². The first-order valence-electron chi connectivity index (χ1n) is 6.06. The van der Waals surface area contributed by atoms with Gasteiger partial charge in [-0.25, -0.2) is 12.8 Å². The summed E-state index contributed by atoms with van der Waals surface area (Å²) >= 11 is 0. The van der Waals surface area contributed by atoms with Gasteiger partial charge in [0.15, 0.2) is 0 Å². The van der Waals surface area contributed by atoms with Crippen molar-refractivity contribution < 1.29 is 17.7 Å². The zero-order valence-electron chi connectivity index (χ0n) is 10.9. The minimum absolute atomic E-state index is 0.0575. The zero-order chi connectivity index (χ0) is 15.0. The minimum Gasteiger partial charge on any atom is -0.379 e. The fourth-order valence-electron chi connectivity index (χ4n) is 2.19. The summed E-state index contributed by atoms with van der Waals surface area (Å²) in [5, 5.41) is 13.7. The van der Waals surface area contributed by atoms with Gasteiger partial charge in [0, 0.05) is 18.2 Å². The molecule has 0 amide bonds. The molecule has 110 valence electrons. The van der Waals surface area contributed by atoms with Crippen molar-refractivity contribution in [2.24, 2.45) is 5.41 Å². The largest absolute Gasteiger partial charge is 0.379 e. The van der Waals surface area contributed by atoms with Crippen LogP contribution in [0.4, 0.5) is 15.8 Å². The molecule has 1 aliphatic rings. The van der Waals surface area contributed by atoms with E-state index in [0.29, 0.717) is 6.54 Å². The molecule has 1 N–H and O–H groups in total. The molecule has 20 heavy (non-hydrogen) atoms. The van der Waals surface area contributed by atoms with Crippen molar-refractivity contribution in [1.82, 2.24) is 0 Å². The lowest BCUT2D eigenvalue weighted by molar-refractivity contribution is -0.384. The van der Waals surface area contributed by atoms with Gasteiger partial charge in [-0.15, -0.1) is 0 Å². The van der Waals surface area contributed by atoms with Gasteiger partial charge >= 0.3 is 0 Å². The Kier molecular flexibility index (Phi) is 3.68. The van der Waals surface area contributed by atoms with Gasteiger partial charge in [0.25, 0.3) is 5.69 Å². The number of halogens is 1. The van der Waals surface area contributed by atoms with Gasteiger partial charge in [-0.05, 0) is 25.0 Å². The van der Waals surface area contributed by atoms with Crippen molar-refractivity contribution >= 4 is 21.2 Å². The molecule has 8 heteroatoms. The minimum atomic E-state index is -3.09. The Morgan fingerprint density at radius 2 is 2.10 bits per heavy atom. The van der Waals surface area contributed by atoms with Crippen LogP contribution in [0.15, 0.2) is 18.2 Å². The van der Waals surface area contributed by atoms with Crippen LogP contribution in [0.3, 0.4) is 0 Å². The smallest absolute Gasteiger partial charge is 0.295 e. The summed E-state index contributed by atoms with van der Waals surface area (Å²) in [5.74, 6) is -0.623. The van der Waals surface area contributed by atoms with Gasteiger partial charge < -0.3 is 5.32 Å². The van der Waals surface area contributed by atoms with Gasteiger partial charge in [-0.1, -0.05) is 0 Å². The molecular weight excluding hydrogens is 287 g/mol. The first-order chi connectivity index (χ1) is 9.21. The maximum absolute atomic E-state index is 13.0. The fourth-order valence-corrected chi connectivity index (χ4v) is 3.70. The van der Waals surface area contributed by atoms with Crippen LogP contribution in [0.1, 0.15) is 12.8 Å². The Balaban J connectivity index is 2.10. The molecule has 1 fully saturated rings. The van der Waals surface area contributed by atoms with E-state index in [2.05, 4.69) is 5.32 Å². The molecule has 0 saturated heterocycles. The Bertz CT molecular complexity index is 641. The molecule has 0 spiro atoms. The van der Waals surface area contributed by atoms with Crippen LogP contribution in [-0.2, 0) is 9.84 Å². The van der Waals surface area contributed by atoms with Crippen LogP contribution in [-0.4, -0.2) is 31.9 Å². The molecule has 1 saturated carbocycles. The summed E-state index contributed by atoms with van der Waals surface area (Å²) in [7, 11) is -3.09. The lowest BCUT2D eigenvalue weighted by Gasteiger charge is -2.15. The lowest BCUT2D eigenvalue weighted by Crippen LogP contribution is -2.24. The topological polar surface area (TPSA) is 89.3 Å². The number of hydrogen-bond donors (Lipinski definition) is 1. The van der Waals surface area contributed by atoms with E-state index in [1.165, 1.54) is 12.3 Å². The van der Waals surface area contributed by atoms with Crippen molar-refractivity contribution in [2.45, 2.75) is 12.8 Å². The van der Waals surface area contributed by atoms with E-state index >= 15 is 0 Å². The summed E-state index contributed by atoms with van der Waals surface area (Å²) < 4.78 is 35.7. The Hall–Kier alpha value is -1.70. The van der Waals surface area contributed by atoms with Gasteiger partial charge in [0.2, 0.25) is 0 Å². The number of nitro benzene ring substituents is 1. The van der Waals surface area contributed by atoms with Crippen molar-refractivity contribution in [3.05, 3.63) is 34.1 Å². The normalized spacial score (nSPS) is 16.7. The standard InChI is InChI=1S/C12H15FN2O4S/c1-20(18,19)8-12(4-5-12)7-14-10-3-2-9(13)6-11(10)15(16)17/h2-3,6,14H,4-5,7-8H2,1H3. The number of nitro groups is 1. The molecule has 0 atom stereocenters. The molecule has 0 heterocycles. The van der Waals surface area contributed by atoms with Crippen LogP contribution < -0.4 is 5.32 Å². The first-order valence-corrected chi connectivity index (χ1v) is 8.12. The zero-order valence-corrected chi connectivity index (χ0v) is 11.7. The second-order valence-electron chi connectivity index (χ2n) is 5.34.